The standard InChI is InChI=1S/C25H36O6/c1-22-7-8-24(29-11-12-30-24)13-15(22)3-4-16-17-5-6-19(23(2)27-9-10-28-23)25(17)14-18(20(16)22)31-21(25)26/h15-20H,3-14H2,1-2H3/t15-,16+,17+,18-,19-,20-,22+,25-/m1/s1. The van der Waals surface area contributed by atoms with E-state index in [-0.39, 0.29) is 29.2 Å². The lowest BCUT2D eigenvalue weighted by Gasteiger charge is -2.61. The van der Waals surface area contributed by atoms with Crippen LogP contribution < -0.4 is 0 Å². The molecule has 6 heteroatoms. The third-order valence-corrected chi connectivity index (χ3v) is 11.1. The molecule has 7 aliphatic rings. The summed E-state index contributed by atoms with van der Waals surface area (Å²) in [7, 11) is 0. The molecule has 0 aromatic rings. The first kappa shape index (κ1) is 19.7. The fourth-order valence-corrected chi connectivity index (χ4v) is 9.89. The Hall–Kier alpha value is -0.690. The van der Waals surface area contributed by atoms with Gasteiger partial charge in [-0.2, -0.15) is 0 Å². The molecular formula is C25H36O6. The molecule has 6 nitrogen and oxygen atoms in total. The summed E-state index contributed by atoms with van der Waals surface area (Å²) in [5.41, 5.74) is -0.199. The lowest BCUT2D eigenvalue weighted by Crippen LogP contribution is -2.60. The summed E-state index contributed by atoms with van der Waals surface area (Å²) in [5, 5.41) is 0. The van der Waals surface area contributed by atoms with Crippen LogP contribution in [-0.4, -0.2) is 50.1 Å². The molecule has 0 unspecified atom stereocenters. The minimum Gasteiger partial charge on any atom is -0.462 e. The summed E-state index contributed by atoms with van der Waals surface area (Å²) in [6.07, 6.45) is 8.54. The molecule has 7 fully saturated rings. The van der Waals surface area contributed by atoms with Gasteiger partial charge in [0.15, 0.2) is 11.6 Å². The number of hydrogen-bond donors (Lipinski definition) is 0. The van der Waals surface area contributed by atoms with Crippen molar-refractivity contribution in [1.82, 2.24) is 0 Å². The third kappa shape index (κ3) is 2.36. The number of rotatable bonds is 1. The van der Waals surface area contributed by atoms with Crippen LogP contribution >= 0.6 is 0 Å². The molecule has 3 saturated heterocycles. The van der Waals surface area contributed by atoms with Crippen LogP contribution in [0.4, 0.5) is 0 Å². The van der Waals surface area contributed by atoms with Crippen LogP contribution in [0, 0.1) is 40.4 Å². The minimum atomic E-state index is -0.634. The molecule has 2 spiro atoms. The molecular weight excluding hydrogens is 396 g/mol. The van der Waals surface area contributed by atoms with Crippen LogP contribution in [0.3, 0.4) is 0 Å². The summed E-state index contributed by atoms with van der Waals surface area (Å²) < 4.78 is 30.7. The highest BCUT2D eigenvalue weighted by Gasteiger charge is 2.75. The van der Waals surface area contributed by atoms with Gasteiger partial charge in [0.1, 0.15) is 6.10 Å². The lowest BCUT2D eigenvalue weighted by atomic mass is 9.44. The van der Waals surface area contributed by atoms with Gasteiger partial charge < -0.3 is 23.7 Å². The summed E-state index contributed by atoms with van der Waals surface area (Å²) in [5.74, 6) is 1.22. The molecule has 0 aromatic carbocycles. The highest BCUT2D eigenvalue weighted by molar-refractivity contribution is 5.81. The van der Waals surface area contributed by atoms with Gasteiger partial charge >= 0.3 is 5.97 Å². The smallest absolute Gasteiger partial charge is 0.313 e. The number of hydrogen-bond acceptors (Lipinski definition) is 6. The van der Waals surface area contributed by atoms with Crippen molar-refractivity contribution in [3.8, 4) is 0 Å². The molecule has 3 aliphatic heterocycles. The highest BCUT2D eigenvalue weighted by atomic mass is 16.7. The third-order valence-electron chi connectivity index (χ3n) is 11.1. The van der Waals surface area contributed by atoms with Gasteiger partial charge in [0, 0.05) is 31.1 Å². The van der Waals surface area contributed by atoms with Crippen molar-refractivity contribution in [2.45, 2.75) is 82.9 Å². The van der Waals surface area contributed by atoms with E-state index in [2.05, 4.69) is 13.8 Å². The minimum absolute atomic E-state index is 0.0478. The zero-order valence-electron chi connectivity index (χ0n) is 18.9. The van der Waals surface area contributed by atoms with Gasteiger partial charge in [-0.15, -0.1) is 0 Å². The second-order valence-corrected chi connectivity index (χ2v) is 11.9. The molecule has 0 aromatic heterocycles. The van der Waals surface area contributed by atoms with E-state index in [1.165, 1.54) is 12.8 Å². The van der Waals surface area contributed by atoms with Gasteiger partial charge in [-0.1, -0.05) is 6.92 Å². The van der Waals surface area contributed by atoms with E-state index >= 15 is 0 Å². The maximum absolute atomic E-state index is 13.6. The molecule has 2 bridgehead atoms. The Morgan fingerprint density at radius 1 is 0.839 bits per heavy atom. The molecule has 4 aliphatic carbocycles. The number of fused-ring (bicyclic) bond motifs is 6. The van der Waals surface area contributed by atoms with Crippen LogP contribution in [-0.2, 0) is 28.5 Å². The van der Waals surface area contributed by atoms with Crippen molar-refractivity contribution in [2.75, 3.05) is 26.4 Å². The van der Waals surface area contributed by atoms with Gasteiger partial charge in [0.25, 0.3) is 0 Å². The Kier molecular flexibility index (Phi) is 3.98. The first-order valence-electron chi connectivity index (χ1n) is 12.7. The van der Waals surface area contributed by atoms with Crippen LogP contribution in [0.15, 0.2) is 0 Å². The quantitative estimate of drug-likeness (QED) is 0.589. The zero-order valence-corrected chi connectivity index (χ0v) is 18.9. The Bertz CT molecular complexity index is 785. The largest absolute Gasteiger partial charge is 0.462 e. The molecule has 3 heterocycles. The van der Waals surface area contributed by atoms with E-state index in [9.17, 15) is 4.79 Å². The number of carbonyl (C=O) groups excluding carboxylic acids is 1. The first-order valence-corrected chi connectivity index (χ1v) is 12.7. The molecule has 0 N–H and O–H groups in total. The summed E-state index contributed by atoms with van der Waals surface area (Å²) in [4.78, 5) is 13.6. The molecule has 7 rings (SSSR count). The highest BCUT2D eigenvalue weighted by Crippen LogP contribution is 2.72. The van der Waals surface area contributed by atoms with Crippen LogP contribution in [0.25, 0.3) is 0 Å². The van der Waals surface area contributed by atoms with Gasteiger partial charge in [-0.3, -0.25) is 4.79 Å². The SMILES string of the molecule is CC1([C@H]2CC[C@H]3[C@@H]4CC[C@@H]5CC6(CC[C@]5(C)[C@H]4[C@H]4C[C@]23C(=O)O4)OCCO6)OCCO1. The molecule has 0 radical (unpaired) electrons. The van der Waals surface area contributed by atoms with Gasteiger partial charge in [0.05, 0.1) is 31.8 Å². The Labute approximate surface area is 184 Å². The van der Waals surface area contributed by atoms with E-state index in [1.807, 2.05) is 0 Å². The van der Waals surface area contributed by atoms with Crippen molar-refractivity contribution in [1.29, 1.82) is 0 Å². The lowest BCUT2D eigenvalue weighted by molar-refractivity contribution is -0.238. The van der Waals surface area contributed by atoms with Crippen LogP contribution in [0.5, 0.6) is 0 Å². The van der Waals surface area contributed by atoms with Crippen molar-refractivity contribution in [3.05, 3.63) is 0 Å². The summed E-state index contributed by atoms with van der Waals surface area (Å²) >= 11 is 0. The van der Waals surface area contributed by atoms with Crippen molar-refractivity contribution >= 4 is 5.97 Å². The average Bonchev–Trinajstić information content (AvgIpc) is 3.51. The number of esters is 1. The Morgan fingerprint density at radius 2 is 1.58 bits per heavy atom. The van der Waals surface area contributed by atoms with Gasteiger partial charge in [0.2, 0.25) is 0 Å². The average molecular weight is 433 g/mol. The van der Waals surface area contributed by atoms with E-state index < -0.39 is 11.2 Å². The monoisotopic (exact) mass is 432 g/mol. The van der Waals surface area contributed by atoms with Crippen molar-refractivity contribution < 1.29 is 28.5 Å². The van der Waals surface area contributed by atoms with E-state index in [1.54, 1.807) is 0 Å². The summed E-state index contributed by atoms with van der Waals surface area (Å²) in [6.45, 7) is 7.27. The molecule has 8 atom stereocenters. The summed E-state index contributed by atoms with van der Waals surface area (Å²) in [6, 6.07) is 0. The second-order valence-electron chi connectivity index (χ2n) is 11.9. The topological polar surface area (TPSA) is 63.2 Å². The predicted molar refractivity (Wildman–Crippen MR) is 110 cm³/mol. The zero-order chi connectivity index (χ0) is 21.1. The maximum atomic E-state index is 13.6. The normalized spacial score (nSPS) is 53.8. The molecule has 31 heavy (non-hydrogen) atoms. The molecule has 0 amide bonds. The fraction of sp³-hybridized carbons (Fsp3) is 0.960. The Morgan fingerprint density at radius 3 is 2.35 bits per heavy atom. The van der Waals surface area contributed by atoms with E-state index in [4.69, 9.17) is 23.7 Å². The van der Waals surface area contributed by atoms with E-state index in [0.29, 0.717) is 36.9 Å². The second kappa shape index (κ2) is 6.25. The fourth-order valence-electron chi connectivity index (χ4n) is 9.89. The number of ether oxygens (including phenoxy) is 5. The predicted octanol–water partition coefficient (Wildman–Crippen LogP) is 3.67. The van der Waals surface area contributed by atoms with Crippen LogP contribution in [0.1, 0.15) is 65.2 Å². The molecule has 4 saturated carbocycles. The Balaban J connectivity index is 1.23. The first-order chi connectivity index (χ1) is 14.9. The molecule has 172 valence electrons. The van der Waals surface area contributed by atoms with Crippen molar-refractivity contribution in [2.24, 2.45) is 40.4 Å². The van der Waals surface area contributed by atoms with Crippen LogP contribution in [0.2, 0.25) is 0 Å². The van der Waals surface area contributed by atoms with E-state index in [0.717, 1.165) is 51.7 Å². The van der Waals surface area contributed by atoms with Crippen molar-refractivity contribution in [3.63, 3.8) is 0 Å². The maximum Gasteiger partial charge on any atom is 0.313 e. The number of carbonyl (C=O) groups is 1. The van der Waals surface area contributed by atoms with Gasteiger partial charge in [-0.05, 0) is 62.2 Å². The van der Waals surface area contributed by atoms with Gasteiger partial charge in [-0.25, -0.2) is 0 Å².